The van der Waals surface area contributed by atoms with E-state index in [4.69, 9.17) is 5.11 Å². The minimum Gasteiger partial charge on any atom is -0.396 e. The van der Waals surface area contributed by atoms with Crippen molar-refractivity contribution >= 4 is 5.69 Å². The zero-order valence-electron chi connectivity index (χ0n) is 13.2. The molecule has 2 nitrogen and oxygen atoms in total. The Labute approximate surface area is 127 Å². The number of aliphatic hydroxyl groups excluding tert-OH is 1. The molecule has 0 aliphatic rings. The minimum atomic E-state index is 0.249. The number of benzene rings is 2. The first-order chi connectivity index (χ1) is 10.1. The fourth-order valence-corrected chi connectivity index (χ4v) is 2.53. The summed E-state index contributed by atoms with van der Waals surface area (Å²) in [5, 5.41) is 12.4. The molecule has 2 rings (SSSR count). The van der Waals surface area contributed by atoms with Crippen LogP contribution in [0.3, 0.4) is 0 Å². The summed E-state index contributed by atoms with van der Waals surface area (Å²) in [5.74, 6) is 0. The molecule has 0 aromatic heterocycles. The van der Waals surface area contributed by atoms with Gasteiger partial charge in [0, 0.05) is 18.8 Å². The Morgan fingerprint density at radius 3 is 2.48 bits per heavy atom. The van der Waals surface area contributed by atoms with E-state index in [9.17, 15) is 0 Å². The number of hydrogen-bond acceptors (Lipinski definition) is 2. The van der Waals surface area contributed by atoms with Gasteiger partial charge in [-0.25, -0.2) is 0 Å². The Balaban J connectivity index is 2.04. The summed E-state index contributed by atoms with van der Waals surface area (Å²) >= 11 is 0. The normalized spacial score (nSPS) is 10.7. The Kier molecular flexibility index (Phi) is 5.40. The number of rotatable bonds is 6. The number of hydrogen-bond donors (Lipinski definition) is 2. The van der Waals surface area contributed by atoms with Gasteiger partial charge in [-0.15, -0.1) is 0 Å². The van der Waals surface area contributed by atoms with Gasteiger partial charge in [0.1, 0.15) is 0 Å². The maximum atomic E-state index is 8.91. The van der Waals surface area contributed by atoms with Crippen molar-refractivity contribution in [3.63, 3.8) is 0 Å². The third-order valence-corrected chi connectivity index (χ3v) is 3.99. The molecule has 0 unspecified atom stereocenters. The number of aliphatic hydroxyl groups is 1. The van der Waals surface area contributed by atoms with Gasteiger partial charge in [-0.3, -0.25) is 0 Å². The average Bonchev–Trinajstić information content (AvgIpc) is 2.48. The summed E-state index contributed by atoms with van der Waals surface area (Å²) in [4.78, 5) is 0. The molecular formula is C19H25NO. The molecule has 0 bridgehead atoms. The first-order valence-corrected chi connectivity index (χ1v) is 7.60. The van der Waals surface area contributed by atoms with Crippen molar-refractivity contribution in [1.29, 1.82) is 0 Å². The zero-order chi connectivity index (χ0) is 15.2. The fourth-order valence-electron chi connectivity index (χ4n) is 2.53. The fraction of sp³-hybridized carbons (Fsp3) is 0.368. The van der Waals surface area contributed by atoms with Crippen molar-refractivity contribution in [3.05, 3.63) is 64.2 Å². The summed E-state index contributed by atoms with van der Waals surface area (Å²) in [6, 6.07) is 13.0. The van der Waals surface area contributed by atoms with E-state index in [1.807, 2.05) is 0 Å². The molecule has 0 saturated carbocycles. The van der Waals surface area contributed by atoms with Gasteiger partial charge in [0.2, 0.25) is 0 Å². The molecule has 2 N–H and O–H groups in total. The Morgan fingerprint density at radius 2 is 1.71 bits per heavy atom. The van der Waals surface area contributed by atoms with Gasteiger partial charge in [-0.1, -0.05) is 24.3 Å². The maximum absolute atomic E-state index is 8.91. The summed E-state index contributed by atoms with van der Waals surface area (Å²) in [6.07, 6.45) is 1.74. The van der Waals surface area contributed by atoms with E-state index in [2.05, 4.69) is 62.5 Å². The molecule has 0 aliphatic heterocycles. The molecule has 2 heteroatoms. The average molecular weight is 283 g/mol. The SMILES string of the molecule is Cc1cc(C)c(CNc2cccc(CCCO)c2)cc1C. The molecule has 0 aliphatic carbocycles. The van der Waals surface area contributed by atoms with Crippen LogP contribution in [-0.4, -0.2) is 11.7 Å². The molecule has 0 heterocycles. The minimum absolute atomic E-state index is 0.249. The van der Waals surface area contributed by atoms with Crippen LogP contribution in [0.25, 0.3) is 0 Å². The quantitative estimate of drug-likeness (QED) is 0.834. The van der Waals surface area contributed by atoms with Gasteiger partial charge in [-0.2, -0.15) is 0 Å². The molecule has 0 radical (unpaired) electrons. The lowest BCUT2D eigenvalue weighted by molar-refractivity contribution is 0.288. The second kappa shape index (κ2) is 7.28. The maximum Gasteiger partial charge on any atom is 0.0434 e. The van der Waals surface area contributed by atoms with E-state index in [1.54, 1.807) is 0 Å². The largest absolute Gasteiger partial charge is 0.396 e. The molecule has 112 valence electrons. The van der Waals surface area contributed by atoms with Crippen LogP contribution in [0.5, 0.6) is 0 Å². The second-order valence-electron chi connectivity index (χ2n) is 5.74. The van der Waals surface area contributed by atoms with Crippen molar-refractivity contribution in [2.24, 2.45) is 0 Å². The van der Waals surface area contributed by atoms with Crippen LogP contribution in [0, 0.1) is 20.8 Å². The van der Waals surface area contributed by atoms with Crippen molar-refractivity contribution in [1.82, 2.24) is 0 Å². The summed E-state index contributed by atoms with van der Waals surface area (Å²) in [6.45, 7) is 7.58. The monoisotopic (exact) mass is 283 g/mol. The Hall–Kier alpha value is -1.80. The lowest BCUT2D eigenvalue weighted by Gasteiger charge is -2.12. The molecule has 21 heavy (non-hydrogen) atoms. The van der Waals surface area contributed by atoms with Crippen LogP contribution >= 0.6 is 0 Å². The molecule has 0 saturated heterocycles. The highest BCUT2D eigenvalue weighted by molar-refractivity contribution is 5.47. The lowest BCUT2D eigenvalue weighted by Crippen LogP contribution is -2.03. The molecule has 0 fully saturated rings. The lowest BCUT2D eigenvalue weighted by atomic mass is 10.0. The van der Waals surface area contributed by atoms with Crippen LogP contribution in [0.15, 0.2) is 36.4 Å². The molecule has 2 aromatic carbocycles. The molecular weight excluding hydrogens is 258 g/mol. The van der Waals surface area contributed by atoms with Gasteiger partial charge >= 0.3 is 0 Å². The summed E-state index contributed by atoms with van der Waals surface area (Å²) < 4.78 is 0. The van der Waals surface area contributed by atoms with Crippen LogP contribution in [0.1, 0.15) is 34.2 Å². The number of aryl methyl sites for hydroxylation is 4. The summed E-state index contributed by atoms with van der Waals surface area (Å²) in [5.41, 5.74) is 7.78. The second-order valence-corrected chi connectivity index (χ2v) is 5.74. The van der Waals surface area contributed by atoms with E-state index in [0.717, 1.165) is 25.1 Å². The highest BCUT2D eigenvalue weighted by atomic mass is 16.2. The summed E-state index contributed by atoms with van der Waals surface area (Å²) in [7, 11) is 0. The highest BCUT2D eigenvalue weighted by Crippen LogP contribution is 2.18. The molecule has 0 atom stereocenters. The van der Waals surface area contributed by atoms with Gasteiger partial charge in [0.05, 0.1) is 0 Å². The Morgan fingerprint density at radius 1 is 0.952 bits per heavy atom. The number of nitrogens with one attached hydrogen (secondary N) is 1. The Bertz CT molecular complexity index is 605. The van der Waals surface area contributed by atoms with Crippen molar-refractivity contribution in [3.8, 4) is 0 Å². The smallest absolute Gasteiger partial charge is 0.0434 e. The number of anilines is 1. The van der Waals surface area contributed by atoms with Gasteiger partial charge in [-0.05, 0) is 73.6 Å². The van der Waals surface area contributed by atoms with Gasteiger partial charge in [0.25, 0.3) is 0 Å². The van der Waals surface area contributed by atoms with E-state index < -0.39 is 0 Å². The van der Waals surface area contributed by atoms with Crippen LogP contribution in [0.4, 0.5) is 5.69 Å². The van der Waals surface area contributed by atoms with Crippen LogP contribution in [0.2, 0.25) is 0 Å². The van der Waals surface area contributed by atoms with E-state index in [-0.39, 0.29) is 6.61 Å². The van der Waals surface area contributed by atoms with Gasteiger partial charge in [0.15, 0.2) is 0 Å². The molecule has 0 spiro atoms. The van der Waals surface area contributed by atoms with Crippen LogP contribution in [-0.2, 0) is 13.0 Å². The predicted octanol–water partition coefficient (Wildman–Crippen LogP) is 4.15. The topological polar surface area (TPSA) is 32.3 Å². The first-order valence-electron chi connectivity index (χ1n) is 7.60. The van der Waals surface area contributed by atoms with Gasteiger partial charge < -0.3 is 10.4 Å². The zero-order valence-corrected chi connectivity index (χ0v) is 13.2. The predicted molar refractivity (Wildman–Crippen MR) is 89.8 cm³/mol. The third kappa shape index (κ3) is 4.33. The van der Waals surface area contributed by atoms with Crippen molar-refractivity contribution in [2.75, 3.05) is 11.9 Å². The standard InChI is InChI=1S/C19H25NO/c1-14-10-16(3)18(11-15(14)2)13-20-19-8-4-6-17(12-19)7-5-9-21/h4,6,8,10-12,20-21H,5,7,9,13H2,1-3H3. The van der Waals surface area contributed by atoms with Crippen molar-refractivity contribution < 1.29 is 5.11 Å². The van der Waals surface area contributed by atoms with E-state index >= 15 is 0 Å². The van der Waals surface area contributed by atoms with E-state index in [0.29, 0.717) is 0 Å². The van der Waals surface area contributed by atoms with Crippen molar-refractivity contribution in [2.45, 2.75) is 40.2 Å². The highest BCUT2D eigenvalue weighted by Gasteiger charge is 2.02. The third-order valence-electron chi connectivity index (χ3n) is 3.99. The van der Waals surface area contributed by atoms with E-state index in [1.165, 1.54) is 27.8 Å². The first kappa shape index (κ1) is 15.6. The molecule has 2 aromatic rings. The molecule has 0 amide bonds. The van der Waals surface area contributed by atoms with Crippen LogP contribution < -0.4 is 5.32 Å².